The van der Waals surface area contributed by atoms with Gasteiger partial charge in [0.05, 0.1) is 0 Å². The lowest BCUT2D eigenvalue weighted by Gasteiger charge is -2.28. The fraction of sp³-hybridized carbons (Fsp3) is 0.650. The van der Waals surface area contributed by atoms with Crippen molar-refractivity contribution in [1.82, 2.24) is 15.5 Å². The summed E-state index contributed by atoms with van der Waals surface area (Å²) in [5, 5.41) is 6.48. The van der Waals surface area contributed by atoms with Gasteiger partial charge < -0.3 is 10.6 Å². The normalized spacial score (nSPS) is 19.0. The molecule has 1 saturated heterocycles. The third kappa shape index (κ3) is 5.32. The maximum Gasteiger partial charge on any atom is 0.220 e. The Labute approximate surface area is 146 Å². The Hall–Kier alpha value is -1.39. The molecule has 0 aromatic heterocycles. The fourth-order valence-corrected chi connectivity index (χ4v) is 3.87. The molecule has 24 heavy (non-hydrogen) atoms. The number of carbonyl (C=O) groups excluding carboxylic acids is 1. The first kappa shape index (κ1) is 17.4. The topological polar surface area (TPSA) is 44.4 Å². The Morgan fingerprint density at radius 1 is 1.21 bits per heavy atom. The van der Waals surface area contributed by atoms with Crippen molar-refractivity contribution in [2.75, 3.05) is 32.7 Å². The monoisotopic (exact) mass is 329 g/mol. The van der Waals surface area contributed by atoms with Gasteiger partial charge >= 0.3 is 0 Å². The van der Waals surface area contributed by atoms with Crippen LogP contribution in [0.1, 0.15) is 43.2 Å². The first-order valence-electron chi connectivity index (χ1n) is 9.58. The van der Waals surface area contributed by atoms with E-state index in [2.05, 4.69) is 39.8 Å². The summed E-state index contributed by atoms with van der Waals surface area (Å²) in [4.78, 5) is 14.5. The lowest BCUT2D eigenvalue weighted by Crippen LogP contribution is -2.34. The van der Waals surface area contributed by atoms with Gasteiger partial charge in [0, 0.05) is 32.6 Å². The number of nitrogens with zero attached hydrogens (tertiary/aromatic N) is 1. The summed E-state index contributed by atoms with van der Waals surface area (Å²) in [7, 11) is 0. The number of benzene rings is 1. The second kappa shape index (κ2) is 9.19. The van der Waals surface area contributed by atoms with Crippen LogP contribution in [0, 0.1) is 5.92 Å². The van der Waals surface area contributed by atoms with Crippen molar-refractivity contribution in [3.63, 3.8) is 0 Å². The quantitative estimate of drug-likeness (QED) is 0.755. The first-order valence-corrected chi connectivity index (χ1v) is 9.58. The molecule has 4 heteroatoms. The molecule has 2 heterocycles. The Kier molecular flexibility index (Phi) is 6.67. The van der Waals surface area contributed by atoms with Crippen molar-refractivity contribution in [2.45, 2.75) is 45.1 Å². The number of hydrogen-bond acceptors (Lipinski definition) is 3. The number of hydrogen-bond donors (Lipinski definition) is 2. The Balaban J connectivity index is 1.26. The maximum atomic E-state index is 12.0. The number of amides is 1. The fourth-order valence-electron chi connectivity index (χ4n) is 3.87. The number of piperidine rings is 1. The Morgan fingerprint density at radius 3 is 2.83 bits per heavy atom. The summed E-state index contributed by atoms with van der Waals surface area (Å²) in [6, 6.07) is 8.75. The summed E-state index contributed by atoms with van der Waals surface area (Å²) in [6.07, 6.45) is 6.39. The molecule has 0 spiro atoms. The molecule has 0 aliphatic carbocycles. The molecule has 1 aromatic carbocycles. The van der Waals surface area contributed by atoms with Gasteiger partial charge in [-0.1, -0.05) is 24.3 Å². The van der Waals surface area contributed by atoms with E-state index in [1.807, 2.05) is 0 Å². The van der Waals surface area contributed by atoms with E-state index in [0.29, 0.717) is 6.42 Å². The molecule has 132 valence electrons. The SMILES string of the molecule is O=C(CCC1CCNCC1)NCCCN1CCc2ccccc2C1. The molecule has 0 unspecified atom stereocenters. The van der Waals surface area contributed by atoms with Gasteiger partial charge in [-0.25, -0.2) is 0 Å². The number of fused-ring (bicyclic) bond motifs is 1. The Bertz CT molecular complexity index is 525. The van der Waals surface area contributed by atoms with E-state index in [9.17, 15) is 4.79 Å². The van der Waals surface area contributed by atoms with Crippen molar-refractivity contribution < 1.29 is 4.79 Å². The lowest BCUT2D eigenvalue weighted by molar-refractivity contribution is -0.121. The molecule has 0 radical (unpaired) electrons. The summed E-state index contributed by atoms with van der Waals surface area (Å²) in [6.45, 7) is 6.31. The third-order valence-electron chi connectivity index (χ3n) is 5.42. The van der Waals surface area contributed by atoms with E-state index >= 15 is 0 Å². The van der Waals surface area contributed by atoms with Crippen LogP contribution in [0.4, 0.5) is 0 Å². The van der Waals surface area contributed by atoms with Gasteiger partial charge in [0.25, 0.3) is 0 Å². The molecule has 1 amide bonds. The second-order valence-corrected chi connectivity index (χ2v) is 7.23. The van der Waals surface area contributed by atoms with Crippen LogP contribution < -0.4 is 10.6 Å². The van der Waals surface area contributed by atoms with Crippen LogP contribution in [-0.2, 0) is 17.8 Å². The number of nitrogens with one attached hydrogen (secondary N) is 2. The van der Waals surface area contributed by atoms with Crippen LogP contribution in [0.2, 0.25) is 0 Å². The lowest BCUT2D eigenvalue weighted by atomic mass is 9.93. The molecule has 3 rings (SSSR count). The van der Waals surface area contributed by atoms with Crippen molar-refractivity contribution in [3.05, 3.63) is 35.4 Å². The Morgan fingerprint density at radius 2 is 2.00 bits per heavy atom. The average molecular weight is 329 g/mol. The van der Waals surface area contributed by atoms with Gasteiger partial charge in [-0.05, 0) is 62.2 Å². The van der Waals surface area contributed by atoms with Gasteiger partial charge in [-0.2, -0.15) is 0 Å². The van der Waals surface area contributed by atoms with Crippen LogP contribution in [0.5, 0.6) is 0 Å². The summed E-state index contributed by atoms with van der Waals surface area (Å²) < 4.78 is 0. The molecule has 2 aliphatic heterocycles. The molecule has 1 aromatic rings. The average Bonchev–Trinajstić information content (AvgIpc) is 2.64. The van der Waals surface area contributed by atoms with Gasteiger partial charge in [0.15, 0.2) is 0 Å². The molecule has 2 N–H and O–H groups in total. The summed E-state index contributed by atoms with van der Waals surface area (Å²) >= 11 is 0. The number of carbonyl (C=O) groups is 1. The first-order chi connectivity index (χ1) is 11.8. The molecule has 0 atom stereocenters. The van der Waals surface area contributed by atoms with Crippen LogP contribution >= 0.6 is 0 Å². The molecule has 4 nitrogen and oxygen atoms in total. The highest BCUT2D eigenvalue weighted by atomic mass is 16.1. The predicted molar refractivity (Wildman–Crippen MR) is 97.9 cm³/mol. The third-order valence-corrected chi connectivity index (χ3v) is 5.42. The molecule has 2 aliphatic rings. The highest BCUT2D eigenvalue weighted by Crippen LogP contribution is 2.19. The van der Waals surface area contributed by atoms with E-state index in [4.69, 9.17) is 0 Å². The van der Waals surface area contributed by atoms with Gasteiger partial charge in [-0.15, -0.1) is 0 Å². The maximum absolute atomic E-state index is 12.0. The summed E-state index contributed by atoms with van der Waals surface area (Å²) in [5.74, 6) is 0.975. The van der Waals surface area contributed by atoms with E-state index < -0.39 is 0 Å². The van der Waals surface area contributed by atoms with E-state index in [0.717, 1.165) is 64.4 Å². The number of rotatable bonds is 7. The highest BCUT2D eigenvalue weighted by Gasteiger charge is 2.16. The van der Waals surface area contributed by atoms with Crippen molar-refractivity contribution in [3.8, 4) is 0 Å². The highest BCUT2D eigenvalue weighted by molar-refractivity contribution is 5.75. The van der Waals surface area contributed by atoms with E-state index in [-0.39, 0.29) is 5.91 Å². The predicted octanol–water partition coefficient (Wildman–Crippen LogP) is 2.33. The van der Waals surface area contributed by atoms with Crippen LogP contribution in [0.15, 0.2) is 24.3 Å². The molecular weight excluding hydrogens is 298 g/mol. The van der Waals surface area contributed by atoms with Crippen molar-refractivity contribution in [2.24, 2.45) is 5.92 Å². The van der Waals surface area contributed by atoms with E-state index in [1.165, 1.54) is 24.0 Å². The van der Waals surface area contributed by atoms with E-state index in [1.54, 1.807) is 0 Å². The molecular formula is C20H31N3O. The largest absolute Gasteiger partial charge is 0.356 e. The minimum atomic E-state index is 0.234. The summed E-state index contributed by atoms with van der Waals surface area (Å²) in [5.41, 5.74) is 2.97. The molecule has 0 bridgehead atoms. The minimum absolute atomic E-state index is 0.234. The smallest absolute Gasteiger partial charge is 0.220 e. The molecule has 1 fully saturated rings. The van der Waals surface area contributed by atoms with Gasteiger partial charge in [0.2, 0.25) is 5.91 Å². The minimum Gasteiger partial charge on any atom is -0.356 e. The standard InChI is InChI=1S/C20H31N3O/c24-20(7-6-17-8-12-21-13-9-17)22-11-3-14-23-15-10-18-4-1-2-5-19(18)16-23/h1-2,4-5,17,21H,3,6-16H2,(H,22,24). The zero-order chi connectivity index (χ0) is 16.6. The second-order valence-electron chi connectivity index (χ2n) is 7.23. The van der Waals surface area contributed by atoms with Gasteiger partial charge in [-0.3, -0.25) is 9.69 Å². The van der Waals surface area contributed by atoms with Crippen molar-refractivity contribution >= 4 is 5.91 Å². The zero-order valence-corrected chi connectivity index (χ0v) is 14.7. The van der Waals surface area contributed by atoms with Crippen LogP contribution in [0.25, 0.3) is 0 Å². The molecule has 0 saturated carbocycles. The van der Waals surface area contributed by atoms with Crippen molar-refractivity contribution in [1.29, 1.82) is 0 Å². The van der Waals surface area contributed by atoms with Crippen LogP contribution in [-0.4, -0.2) is 43.5 Å². The van der Waals surface area contributed by atoms with Crippen LogP contribution in [0.3, 0.4) is 0 Å². The van der Waals surface area contributed by atoms with Gasteiger partial charge in [0.1, 0.15) is 0 Å². The zero-order valence-electron chi connectivity index (χ0n) is 14.7.